The van der Waals surface area contributed by atoms with E-state index in [2.05, 4.69) is 15.3 Å². The van der Waals surface area contributed by atoms with E-state index >= 15 is 0 Å². The predicted molar refractivity (Wildman–Crippen MR) is 97.6 cm³/mol. The number of carbonyl (C=O) groups is 1. The molecule has 0 atom stereocenters. The highest BCUT2D eigenvalue weighted by Crippen LogP contribution is 2.25. The fourth-order valence-electron chi connectivity index (χ4n) is 2.40. The number of aromatic nitrogens is 2. The Balaban J connectivity index is 1.87. The molecule has 3 aromatic rings. The van der Waals surface area contributed by atoms with Gasteiger partial charge < -0.3 is 15.0 Å². The summed E-state index contributed by atoms with van der Waals surface area (Å²) in [5, 5.41) is 3.16. The number of esters is 1. The highest BCUT2D eigenvalue weighted by Gasteiger charge is 2.12. The number of ether oxygens (including phenoxy) is 1. The lowest BCUT2D eigenvalue weighted by Crippen LogP contribution is -2.12. The van der Waals surface area contributed by atoms with Gasteiger partial charge in [0.1, 0.15) is 18.0 Å². The van der Waals surface area contributed by atoms with Crippen molar-refractivity contribution >= 4 is 29.0 Å². The molecule has 2 aromatic carbocycles. The van der Waals surface area contributed by atoms with Crippen LogP contribution in [0.5, 0.6) is 0 Å². The number of hydrogen-bond acceptors (Lipinski definition) is 6. The summed E-state index contributed by atoms with van der Waals surface area (Å²) in [5.74, 6) is 0.919. The lowest BCUT2D eigenvalue weighted by Gasteiger charge is -2.19. The number of rotatable bonds is 5. The van der Waals surface area contributed by atoms with Crippen LogP contribution in [0.25, 0.3) is 0 Å². The number of methoxy groups -OCH3 is 1. The van der Waals surface area contributed by atoms with Crippen molar-refractivity contribution in [3.8, 4) is 0 Å². The molecule has 6 heteroatoms. The number of carbonyl (C=O) groups excluding carboxylic acids is 1. The van der Waals surface area contributed by atoms with Crippen LogP contribution in [0.1, 0.15) is 10.4 Å². The van der Waals surface area contributed by atoms with Crippen LogP contribution in [0, 0.1) is 0 Å². The third kappa shape index (κ3) is 3.74. The minimum atomic E-state index is -0.404. The minimum Gasteiger partial charge on any atom is -0.465 e. The summed E-state index contributed by atoms with van der Waals surface area (Å²) in [6.07, 6.45) is 1.48. The van der Waals surface area contributed by atoms with E-state index in [0.717, 1.165) is 11.5 Å². The van der Waals surface area contributed by atoms with E-state index in [1.54, 1.807) is 18.2 Å². The molecular weight excluding hydrogens is 316 g/mol. The molecular formula is C19H18N4O2. The van der Waals surface area contributed by atoms with Gasteiger partial charge in [0.25, 0.3) is 0 Å². The SMILES string of the molecule is COC(=O)c1ccccc1Nc1cc(N(C)c2ccccc2)ncn1. The number of benzene rings is 2. The maximum absolute atomic E-state index is 11.9. The standard InChI is InChI=1S/C19H18N4O2/c1-23(14-8-4-3-5-9-14)18-12-17(20-13-21-18)22-16-11-7-6-10-15(16)19(24)25-2/h3-13H,1-2H3,(H,20,21,22). The van der Waals surface area contributed by atoms with Crippen LogP contribution in [0.3, 0.4) is 0 Å². The van der Waals surface area contributed by atoms with Gasteiger partial charge in [0.05, 0.1) is 18.4 Å². The molecule has 0 fully saturated rings. The Morgan fingerprint density at radius 1 is 1.04 bits per heavy atom. The largest absolute Gasteiger partial charge is 0.465 e. The fourth-order valence-corrected chi connectivity index (χ4v) is 2.40. The molecule has 0 radical (unpaired) electrons. The predicted octanol–water partition coefficient (Wildman–Crippen LogP) is 3.77. The van der Waals surface area contributed by atoms with E-state index in [-0.39, 0.29) is 0 Å². The first-order valence-corrected chi connectivity index (χ1v) is 7.74. The van der Waals surface area contributed by atoms with Crippen LogP contribution in [0.2, 0.25) is 0 Å². The van der Waals surface area contributed by atoms with Crippen LogP contribution in [0.15, 0.2) is 67.0 Å². The van der Waals surface area contributed by atoms with Gasteiger partial charge in [0, 0.05) is 18.8 Å². The van der Waals surface area contributed by atoms with Crippen LogP contribution in [-0.2, 0) is 4.74 Å². The van der Waals surface area contributed by atoms with E-state index in [1.165, 1.54) is 13.4 Å². The first-order valence-electron chi connectivity index (χ1n) is 7.74. The van der Waals surface area contributed by atoms with Crippen LogP contribution < -0.4 is 10.2 Å². The molecule has 6 nitrogen and oxygen atoms in total. The van der Waals surface area contributed by atoms with Crippen molar-refractivity contribution in [3.63, 3.8) is 0 Å². The van der Waals surface area contributed by atoms with Crippen LogP contribution in [-0.4, -0.2) is 30.1 Å². The van der Waals surface area contributed by atoms with Crippen molar-refractivity contribution in [2.75, 3.05) is 24.4 Å². The summed E-state index contributed by atoms with van der Waals surface area (Å²) in [4.78, 5) is 22.4. The molecule has 25 heavy (non-hydrogen) atoms. The van der Waals surface area contributed by atoms with Gasteiger partial charge in [-0.05, 0) is 24.3 Å². The van der Waals surface area contributed by atoms with E-state index in [0.29, 0.717) is 17.1 Å². The second-order valence-electron chi connectivity index (χ2n) is 5.32. The summed E-state index contributed by atoms with van der Waals surface area (Å²) >= 11 is 0. The smallest absolute Gasteiger partial charge is 0.339 e. The molecule has 0 unspecified atom stereocenters. The molecule has 1 N–H and O–H groups in total. The van der Waals surface area contributed by atoms with Crippen molar-refractivity contribution in [1.82, 2.24) is 9.97 Å². The highest BCUT2D eigenvalue weighted by atomic mass is 16.5. The zero-order valence-corrected chi connectivity index (χ0v) is 14.0. The molecule has 0 aliphatic heterocycles. The molecule has 0 bridgehead atoms. The fraction of sp³-hybridized carbons (Fsp3) is 0.105. The van der Waals surface area contributed by atoms with Gasteiger partial charge in [-0.25, -0.2) is 14.8 Å². The highest BCUT2D eigenvalue weighted by molar-refractivity contribution is 5.96. The summed E-state index contributed by atoms with van der Waals surface area (Å²) < 4.78 is 4.81. The molecule has 1 heterocycles. The number of para-hydroxylation sites is 2. The van der Waals surface area contributed by atoms with Gasteiger partial charge in [-0.3, -0.25) is 0 Å². The molecule has 0 spiro atoms. The zero-order valence-electron chi connectivity index (χ0n) is 14.0. The Bertz CT molecular complexity index is 868. The van der Waals surface area contributed by atoms with Gasteiger partial charge in [0.15, 0.2) is 0 Å². The summed E-state index contributed by atoms with van der Waals surface area (Å²) in [7, 11) is 3.29. The first kappa shape index (κ1) is 16.4. The normalized spacial score (nSPS) is 10.2. The third-order valence-corrected chi connectivity index (χ3v) is 3.73. The molecule has 0 aliphatic carbocycles. The van der Waals surface area contributed by atoms with E-state index in [4.69, 9.17) is 4.74 Å². The van der Waals surface area contributed by atoms with Crippen molar-refractivity contribution in [2.45, 2.75) is 0 Å². The third-order valence-electron chi connectivity index (χ3n) is 3.73. The lowest BCUT2D eigenvalue weighted by molar-refractivity contribution is 0.0602. The number of nitrogens with one attached hydrogen (secondary N) is 1. The monoisotopic (exact) mass is 334 g/mol. The minimum absolute atomic E-state index is 0.404. The van der Waals surface area contributed by atoms with E-state index in [9.17, 15) is 4.79 Å². The second-order valence-corrected chi connectivity index (χ2v) is 5.32. The Morgan fingerprint density at radius 2 is 1.76 bits per heavy atom. The maximum Gasteiger partial charge on any atom is 0.339 e. The van der Waals surface area contributed by atoms with Crippen LogP contribution >= 0.6 is 0 Å². The van der Waals surface area contributed by atoms with Crippen LogP contribution in [0.4, 0.5) is 23.0 Å². The Hall–Kier alpha value is -3.41. The zero-order chi connectivity index (χ0) is 17.6. The first-order chi connectivity index (χ1) is 12.2. The lowest BCUT2D eigenvalue weighted by atomic mass is 10.2. The molecule has 1 aromatic heterocycles. The molecule has 126 valence electrons. The summed E-state index contributed by atoms with van der Waals surface area (Å²) in [6.45, 7) is 0. The number of anilines is 4. The molecule has 0 saturated carbocycles. The molecule has 3 rings (SSSR count). The maximum atomic E-state index is 11.9. The Labute approximate surface area is 146 Å². The number of nitrogens with zero attached hydrogens (tertiary/aromatic N) is 3. The molecule has 0 saturated heterocycles. The molecule has 0 amide bonds. The Morgan fingerprint density at radius 3 is 2.52 bits per heavy atom. The Kier molecular flexibility index (Phi) is 4.89. The van der Waals surface area contributed by atoms with E-state index < -0.39 is 5.97 Å². The van der Waals surface area contributed by atoms with Gasteiger partial charge in [-0.15, -0.1) is 0 Å². The quantitative estimate of drug-likeness (QED) is 0.716. The van der Waals surface area contributed by atoms with Gasteiger partial charge in [0.2, 0.25) is 0 Å². The van der Waals surface area contributed by atoms with Crippen molar-refractivity contribution < 1.29 is 9.53 Å². The summed E-state index contributed by atoms with van der Waals surface area (Å²) in [5.41, 5.74) is 2.09. The van der Waals surface area contributed by atoms with Gasteiger partial charge in [-0.1, -0.05) is 30.3 Å². The van der Waals surface area contributed by atoms with Crippen molar-refractivity contribution in [1.29, 1.82) is 0 Å². The van der Waals surface area contributed by atoms with Crippen molar-refractivity contribution in [2.24, 2.45) is 0 Å². The van der Waals surface area contributed by atoms with E-state index in [1.807, 2.05) is 54.4 Å². The van der Waals surface area contributed by atoms with Crippen molar-refractivity contribution in [3.05, 3.63) is 72.6 Å². The topological polar surface area (TPSA) is 67.3 Å². The average Bonchev–Trinajstić information content (AvgIpc) is 2.68. The average molecular weight is 334 g/mol. The second kappa shape index (κ2) is 7.44. The number of hydrogen-bond donors (Lipinski definition) is 1. The molecule has 0 aliphatic rings. The van der Waals surface area contributed by atoms with Gasteiger partial charge in [-0.2, -0.15) is 0 Å². The summed E-state index contributed by atoms with van der Waals surface area (Å²) in [6, 6.07) is 18.9. The van der Waals surface area contributed by atoms with Gasteiger partial charge >= 0.3 is 5.97 Å².